The molecule has 90 valence electrons. The van der Waals surface area contributed by atoms with E-state index in [1.54, 1.807) is 0 Å². The normalized spacial score (nSPS) is 12.5. The van der Waals surface area contributed by atoms with Crippen molar-refractivity contribution in [2.24, 2.45) is 5.73 Å². The highest BCUT2D eigenvalue weighted by Crippen LogP contribution is 2.24. The number of hydrogen-bond acceptors (Lipinski definition) is 3. The Kier molecular flexibility index (Phi) is 5.29. The summed E-state index contributed by atoms with van der Waals surface area (Å²) in [4.78, 5) is 0. The van der Waals surface area contributed by atoms with Crippen LogP contribution >= 0.6 is 0 Å². The molecule has 1 aromatic carbocycles. The smallest absolute Gasteiger partial charge is 0.122 e. The highest BCUT2D eigenvalue weighted by Gasteiger charge is 2.07. The Morgan fingerprint density at radius 1 is 1.38 bits per heavy atom. The molecule has 2 N–H and O–H groups in total. The second-order valence-corrected chi connectivity index (χ2v) is 3.76. The molecule has 0 aliphatic carbocycles. The largest absolute Gasteiger partial charge is 0.494 e. The number of aryl methyl sites for hydroxylation is 1. The quantitative estimate of drug-likeness (QED) is 0.805. The van der Waals surface area contributed by atoms with Crippen molar-refractivity contribution in [1.82, 2.24) is 0 Å². The van der Waals surface area contributed by atoms with Gasteiger partial charge in [-0.1, -0.05) is 6.07 Å². The van der Waals surface area contributed by atoms with Gasteiger partial charge in [0.05, 0.1) is 19.3 Å². The Morgan fingerprint density at radius 3 is 2.69 bits per heavy atom. The van der Waals surface area contributed by atoms with Crippen molar-refractivity contribution in [2.75, 3.05) is 19.8 Å². The topological polar surface area (TPSA) is 44.5 Å². The fourth-order valence-corrected chi connectivity index (χ4v) is 1.58. The molecule has 0 aliphatic rings. The van der Waals surface area contributed by atoms with E-state index < -0.39 is 0 Å². The maximum atomic E-state index is 5.57. The maximum absolute atomic E-state index is 5.57. The van der Waals surface area contributed by atoms with Gasteiger partial charge in [-0.3, -0.25) is 0 Å². The number of hydrogen-bond donors (Lipinski definition) is 1. The van der Waals surface area contributed by atoms with Gasteiger partial charge >= 0.3 is 0 Å². The van der Waals surface area contributed by atoms with Crippen LogP contribution in [0.3, 0.4) is 0 Å². The minimum atomic E-state index is 0.0814. The van der Waals surface area contributed by atoms with Crippen LogP contribution in [0, 0.1) is 6.92 Å². The number of benzene rings is 1. The van der Waals surface area contributed by atoms with Crippen LogP contribution < -0.4 is 10.5 Å². The SMILES string of the molecule is CCOc1ccc(C(C)OCCN)cc1C. The molecule has 0 radical (unpaired) electrons. The van der Waals surface area contributed by atoms with Crippen LogP contribution in [0.15, 0.2) is 18.2 Å². The fourth-order valence-electron chi connectivity index (χ4n) is 1.58. The van der Waals surface area contributed by atoms with Gasteiger partial charge in [0.1, 0.15) is 5.75 Å². The van der Waals surface area contributed by atoms with E-state index in [4.69, 9.17) is 15.2 Å². The molecule has 1 aromatic rings. The van der Waals surface area contributed by atoms with Crippen LogP contribution in [0.4, 0.5) is 0 Å². The van der Waals surface area contributed by atoms with Gasteiger partial charge in [-0.2, -0.15) is 0 Å². The van der Waals surface area contributed by atoms with Gasteiger partial charge < -0.3 is 15.2 Å². The van der Waals surface area contributed by atoms with E-state index in [1.165, 1.54) is 0 Å². The lowest BCUT2D eigenvalue weighted by Crippen LogP contribution is -2.11. The fraction of sp³-hybridized carbons (Fsp3) is 0.538. The summed E-state index contributed by atoms with van der Waals surface area (Å²) in [6.45, 7) is 7.91. The lowest BCUT2D eigenvalue weighted by molar-refractivity contribution is 0.0717. The second kappa shape index (κ2) is 6.51. The number of rotatable bonds is 6. The van der Waals surface area contributed by atoms with Crippen molar-refractivity contribution in [3.05, 3.63) is 29.3 Å². The minimum Gasteiger partial charge on any atom is -0.494 e. The molecule has 1 rings (SSSR count). The third-order valence-corrected chi connectivity index (χ3v) is 2.45. The maximum Gasteiger partial charge on any atom is 0.122 e. The highest BCUT2D eigenvalue weighted by atomic mass is 16.5. The third-order valence-electron chi connectivity index (χ3n) is 2.45. The Bertz CT molecular complexity index is 326. The van der Waals surface area contributed by atoms with Gasteiger partial charge in [-0.25, -0.2) is 0 Å². The van der Waals surface area contributed by atoms with Gasteiger partial charge in [0.15, 0.2) is 0 Å². The zero-order valence-electron chi connectivity index (χ0n) is 10.3. The van der Waals surface area contributed by atoms with E-state index in [2.05, 4.69) is 6.07 Å². The molecule has 0 spiro atoms. The summed E-state index contributed by atoms with van der Waals surface area (Å²) in [5.41, 5.74) is 7.71. The summed E-state index contributed by atoms with van der Waals surface area (Å²) in [5.74, 6) is 0.942. The van der Waals surface area contributed by atoms with E-state index in [-0.39, 0.29) is 6.10 Å². The average Bonchev–Trinajstić information content (AvgIpc) is 2.29. The van der Waals surface area contributed by atoms with E-state index >= 15 is 0 Å². The van der Waals surface area contributed by atoms with Crippen molar-refractivity contribution < 1.29 is 9.47 Å². The van der Waals surface area contributed by atoms with Gasteiger partial charge in [0.25, 0.3) is 0 Å². The van der Waals surface area contributed by atoms with Crippen molar-refractivity contribution in [1.29, 1.82) is 0 Å². The monoisotopic (exact) mass is 223 g/mol. The van der Waals surface area contributed by atoms with E-state index in [0.717, 1.165) is 16.9 Å². The van der Waals surface area contributed by atoms with E-state index in [0.29, 0.717) is 19.8 Å². The summed E-state index contributed by atoms with van der Waals surface area (Å²) in [5, 5.41) is 0. The Balaban J connectivity index is 2.71. The zero-order chi connectivity index (χ0) is 12.0. The molecule has 0 bridgehead atoms. The molecule has 0 fully saturated rings. The molecule has 3 heteroatoms. The van der Waals surface area contributed by atoms with Crippen molar-refractivity contribution in [3.8, 4) is 5.75 Å². The highest BCUT2D eigenvalue weighted by molar-refractivity contribution is 5.36. The van der Waals surface area contributed by atoms with Crippen LogP contribution in [0.25, 0.3) is 0 Å². The molecule has 0 aromatic heterocycles. The first-order valence-electron chi connectivity index (χ1n) is 5.74. The summed E-state index contributed by atoms with van der Waals surface area (Å²) >= 11 is 0. The molecule has 0 heterocycles. The number of ether oxygens (including phenoxy) is 2. The van der Waals surface area contributed by atoms with Crippen LogP contribution in [0.2, 0.25) is 0 Å². The van der Waals surface area contributed by atoms with Crippen LogP contribution in [-0.2, 0) is 4.74 Å². The molecule has 16 heavy (non-hydrogen) atoms. The van der Waals surface area contributed by atoms with Crippen molar-refractivity contribution in [3.63, 3.8) is 0 Å². The first-order chi connectivity index (χ1) is 7.69. The molecule has 0 aliphatic heterocycles. The molecule has 1 atom stereocenters. The molecule has 0 saturated carbocycles. The zero-order valence-corrected chi connectivity index (χ0v) is 10.3. The first-order valence-corrected chi connectivity index (χ1v) is 5.74. The van der Waals surface area contributed by atoms with Gasteiger partial charge in [0.2, 0.25) is 0 Å². The molecule has 3 nitrogen and oxygen atoms in total. The summed E-state index contributed by atoms with van der Waals surface area (Å²) in [6.07, 6.45) is 0.0814. The van der Waals surface area contributed by atoms with Gasteiger partial charge in [-0.15, -0.1) is 0 Å². The standard InChI is InChI=1S/C13H21NO2/c1-4-15-13-6-5-12(9-10(13)2)11(3)16-8-7-14/h5-6,9,11H,4,7-8,14H2,1-3H3. The van der Waals surface area contributed by atoms with Crippen LogP contribution in [-0.4, -0.2) is 19.8 Å². The molecule has 1 unspecified atom stereocenters. The lowest BCUT2D eigenvalue weighted by Gasteiger charge is -2.15. The summed E-state index contributed by atoms with van der Waals surface area (Å²) in [7, 11) is 0. The summed E-state index contributed by atoms with van der Waals surface area (Å²) < 4.78 is 11.1. The Morgan fingerprint density at radius 2 is 2.12 bits per heavy atom. The molecule has 0 amide bonds. The van der Waals surface area contributed by atoms with Gasteiger partial charge in [0, 0.05) is 6.54 Å². The van der Waals surface area contributed by atoms with Crippen molar-refractivity contribution >= 4 is 0 Å². The van der Waals surface area contributed by atoms with E-state index in [9.17, 15) is 0 Å². The molecular weight excluding hydrogens is 202 g/mol. The second-order valence-electron chi connectivity index (χ2n) is 3.76. The third kappa shape index (κ3) is 3.51. The summed E-state index contributed by atoms with van der Waals surface area (Å²) in [6, 6.07) is 6.14. The number of nitrogens with two attached hydrogens (primary N) is 1. The Labute approximate surface area is 97.6 Å². The molecule has 0 saturated heterocycles. The van der Waals surface area contributed by atoms with E-state index in [1.807, 2.05) is 32.9 Å². The minimum absolute atomic E-state index is 0.0814. The van der Waals surface area contributed by atoms with Crippen LogP contribution in [0.1, 0.15) is 31.1 Å². The predicted molar refractivity (Wildman–Crippen MR) is 65.8 cm³/mol. The average molecular weight is 223 g/mol. The Hall–Kier alpha value is -1.06. The van der Waals surface area contributed by atoms with Crippen molar-refractivity contribution in [2.45, 2.75) is 26.9 Å². The predicted octanol–water partition coefficient (Wildman–Crippen LogP) is 2.43. The van der Waals surface area contributed by atoms with Gasteiger partial charge in [-0.05, 0) is 44.0 Å². The lowest BCUT2D eigenvalue weighted by atomic mass is 10.1. The van der Waals surface area contributed by atoms with Crippen LogP contribution in [0.5, 0.6) is 5.75 Å². The molecular formula is C13H21NO2. The first kappa shape index (κ1) is 13.0.